The van der Waals surface area contributed by atoms with E-state index in [0.717, 1.165) is 29.3 Å². The lowest BCUT2D eigenvalue weighted by atomic mass is 9.91. The molecule has 0 radical (unpaired) electrons. The lowest BCUT2D eigenvalue weighted by Crippen LogP contribution is -2.26. The van der Waals surface area contributed by atoms with Gasteiger partial charge in [0.25, 0.3) is 0 Å². The molecule has 0 saturated carbocycles. The van der Waals surface area contributed by atoms with Crippen molar-refractivity contribution in [2.75, 3.05) is 42.2 Å². The number of hydrogen-bond donors (Lipinski definition) is 0. The summed E-state index contributed by atoms with van der Waals surface area (Å²) in [7, 11) is 9.26. The quantitative estimate of drug-likeness (QED) is 0.339. The summed E-state index contributed by atoms with van der Waals surface area (Å²) in [6, 6.07) is 8.96. The number of halogens is 1. The Balaban J connectivity index is 2.66. The first-order chi connectivity index (χ1) is 14.8. The highest BCUT2D eigenvalue weighted by Gasteiger charge is 2.35. The smallest absolute Gasteiger partial charge is 0.188 e. The van der Waals surface area contributed by atoms with Crippen molar-refractivity contribution in [3.05, 3.63) is 47.3 Å². The SMILES string of the molecule is CCC(CC)(Pc1ccc(F)cc1CN(C)C)c1cc(OC)cc(OC)c1OCOC. The largest absolute Gasteiger partial charge is 0.497 e. The highest BCUT2D eigenvalue weighted by molar-refractivity contribution is 7.48. The van der Waals surface area contributed by atoms with Crippen LogP contribution in [0.15, 0.2) is 30.3 Å². The summed E-state index contributed by atoms with van der Waals surface area (Å²) in [6.07, 6.45) is 1.75. The topological polar surface area (TPSA) is 40.2 Å². The Hall–Kier alpha value is -1.88. The van der Waals surface area contributed by atoms with Gasteiger partial charge in [0.15, 0.2) is 18.3 Å². The molecule has 0 fully saturated rings. The van der Waals surface area contributed by atoms with Crippen LogP contribution in [-0.2, 0) is 16.4 Å². The maximum atomic E-state index is 14.0. The molecule has 0 bridgehead atoms. The molecule has 0 amide bonds. The highest BCUT2D eigenvalue weighted by Crippen LogP contribution is 2.53. The van der Waals surface area contributed by atoms with Crippen LogP contribution in [-0.4, -0.2) is 47.1 Å². The normalized spacial score (nSPS) is 12.0. The van der Waals surface area contributed by atoms with Crippen LogP contribution in [0.25, 0.3) is 0 Å². The highest BCUT2D eigenvalue weighted by atomic mass is 31.1. The van der Waals surface area contributed by atoms with E-state index in [9.17, 15) is 4.39 Å². The minimum atomic E-state index is -0.232. The van der Waals surface area contributed by atoms with Crippen LogP contribution in [0, 0.1) is 5.82 Å². The van der Waals surface area contributed by atoms with Gasteiger partial charge in [0, 0.05) is 30.4 Å². The maximum absolute atomic E-state index is 14.0. The van der Waals surface area contributed by atoms with E-state index in [1.165, 1.54) is 0 Å². The first kappa shape index (κ1) is 25.4. The zero-order chi connectivity index (χ0) is 23.0. The zero-order valence-corrected chi connectivity index (χ0v) is 20.7. The Bertz CT molecular complexity index is 856. The van der Waals surface area contributed by atoms with Gasteiger partial charge in [-0.1, -0.05) is 28.5 Å². The summed E-state index contributed by atoms with van der Waals surface area (Å²) < 4.78 is 36.4. The first-order valence-corrected chi connectivity index (χ1v) is 11.4. The van der Waals surface area contributed by atoms with E-state index >= 15 is 0 Å². The molecule has 0 saturated heterocycles. The number of ether oxygens (including phenoxy) is 4. The van der Waals surface area contributed by atoms with Gasteiger partial charge in [-0.3, -0.25) is 0 Å². The molecule has 1 unspecified atom stereocenters. The molecular weight excluding hydrogens is 416 g/mol. The van der Waals surface area contributed by atoms with Gasteiger partial charge >= 0.3 is 0 Å². The predicted octanol–water partition coefficient (Wildman–Crippen LogP) is 4.91. The van der Waals surface area contributed by atoms with Crippen LogP contribution in [0.1, 0.15) is 37.8 Å². The predicted molar refractivity (Wildman–Crippen MR) is 126 cm³/mol. The standard InChI is InChI=1S/C24H35FNO4P/c1-8-24(9-2,31-22-11-10-18(25)12-17(22)15-26(3)4)20-13-19(28-6)14-21(29-7)23(20)30-16-27-5/h10-14,31H,8-9,15-16H2,1-7H3. The van der Waals surface area contributed by atoms with E-state index in [2.05, 4.69) is 18.7 Å². The molecule has 0 aromatic heterocycles. The fraction of sp³-hybridized carbons (Fsp3) is 0.500. The van der Waals surface area contributed by atoms with Crippen LogP contribution < -0.4 is 19.5 Å². The molecule has 31 heavy (non-hydrogen) atoms. The molecule has 2 rings (SSSR count). The number of hydrogen-bond acceptors (Lipinski definition) is 5. The summed E-state index contributed by atoms with van der Waals surface area (Å²) >= 11 is 0. The van der Waals surface area contributed by atoms with E-state index in [4.69, 9.17) is 18.9 Å². The summed E-state index contributed by atoms with van der Waals surface area (Å²) in [5.74, 6) is 1.77. The average Bonchev–Trinajstić information content (AvgIpc) is 2.76. The van der Waals surface area contributed by atoms with E-state index in [1.54, 1.807) is 33.5 Å². The third-order valence-electron chi connectivity index (χ3n) is 5.46. The lowest BCUT2D eigenvalue weighted by molar-refractivity contribution is 0.0478. The second-order valence-corrected chi connectivity index (χ2v) is 9.46. The summed E-state index contributed by atoms with van der Waals surface area (Å²) in [5, 5.41) is 0.919. The second-order valence-electron chi connectivity index (χ2n) is 7.71. The zero-order valence-electron chi connectivity index (χ0n) is 19.7. The summed E-state index contributed by atoms with van der Waals surface area (Å²) in [4.78, 5) is 2.06. The third kappa shape index (κ3) is 6.09. The fourth-order valence-corrected chi connectivity index (χ4v) is 5.43. The number of nitrogens with zero attached hydrogens (tertiary/aromatic N) is 1. The number of rotatable bonds is 12. The van der Waals surface area contributed by atoms with Gasteiger partial charge in [-0.25, -0.2) is 4.39 Å². The van der Waals surface area contributed by atoms with Crippen molar-refractivity contribution in [3.8, 4) is 17.2 Å². The molecule has 5 nitrogen and oxygen atoms in total. The monoisotopic (exact) mass is 451 g/mol. The minimum Gasteiger partial charge on any atom is -0.497 e. The van der Waals surface area contributed by atoms with Gasteiger partial charge in [0.1, 0.15) is 11.6 Å². The molecule has 0 spiro atoms. The van der Waals surface area contributed by atoms with Crippen LogP contribution >= 0.6 is 8.58 Å². The van der Waals surface area contributed by atoms with Crippen molar-refractivity contribution in [1.82, 2.24) is 4.90 Å². The van der Waals surface area contributed by atoms with E-state index < -0.39 is 0 Å². The molecule has 0 N–H and O–H groups in total. The van der Waals surface area contributed by atoms with Gasteiger partial charge in [0.05, 0.1) is 14.2 Å². The van der Waals surface area contributed by atoms with Crippen molar-refractivity contribution in [2.45, 2.75) is 38.4 Å². The Labute approximate surface area is 187 Å². The van der Waals surface area contributed by atoms with Gasteiger partial charge in [-0.05, 0) is 56.0 Å². The molecular formula is C24H35FNO4P. The Kier molecular flexibility index (Phi) is 9.54. The Morgan fingerprint density at radius 1 is 1.00 bits per heavy atom. The molecule has 2 aromatic rings. The molecule has 0 aliphatic heterocycles. The number of methoxy groups -OCH3 is 3. The molecule has 0 aliphatic carbocycles. The Morgan fingerprint density at radius 3 is 2.26 bits per heavy atom. The van der Waals surface area contributed by atoms with Crippen LogP contribution in [0.4, 0.5) is 4.39 Å². The second kappa shape index (κ2) is 11.7. The molecule has 0 aliphatic rings. The van der Waals surface area contributed by atoms with Gasteiger partial charge in [-0.15, -0.1) is 0 Å². The van der Waals surface area contributed by atoms with Crippen LogP contribution in [0.3, 0.4) is 0 Å². The lowest BCUT2D eigenvalue weighted by Gasteiger charge is -2.35. The molecule has 0 heterocycles. The minimum absolute atomic E-state index is 0.116. The van der Waals surface area contributed by atoms with Crippen molar-refractivity contribution < 1.29 is 23.3 Å². The summed E-state index contributed by atoms with van der Waals surface area (Å²) in [6.45, 7) is 5.15. The molecule has 1 atom stereocenters. The molecule has 7 heteroatoms. The number of benzene rings is 2. The summed E-state index contributed by atoms with van der Waals surface area (Å²) in [5.41, 5.74) is 2.02. The van der Waals surface area contributed by atoms with Gasteiger partial charge in [0.2, 0.25) is 0 Å². The first-order valence-electron chi connectivity index (χ1n) is 10.4. The van der Waals surface area contributed by atoms with Gasteiger partial charge < -0.3 is 23.8 Å². The molecule has 172 valence electrons. The van der Waals surface area contributed by atoms with Crippen molar-refractivity contribution in [2.24, 2.45) is 0 Å². The van der Waals surface area contributed by atoms with Crippen molar-refractivity contribution in [1.29, 1.82) is 0 Å². The Morgan fingerprint density at radius 2 is 1.71 bits per heavy atom. The van der Waals surface area contributed by atoms with E-state index in [1.807, 2.05) is 32.3 Å². The van der Waals surface area contributed by atoms with Crippen molar-refractivity contribution >= 4 is 13.9 Å². The third-order valence-corrected chi connectivity index (χ3v) is 7.67. The maximum Gasteiger partial charge on any atom is 0.188 e. The van der Waals surface area contributed by atoms with Gasteiger partial charge in [-0.2, -0.15) is 0 Å². The van der Waals surface area contributed by atoms with Crippen LogP contribution in [0.2, 0.25) is 0 Å². The van der Waals surface area contributed by atoms with Crippen LogP contribution in [0.5, 0.6) is 17.2 Å². The van der Waals surface area contributed by atoms with Crippen molar-refractivity contribution in [3.63, 3.8) is 0 Å². The van der Waals surface area contributed by atoms with E-state index in [0.29, 0.717) is 32.4 Å². The molecule has 2 aromatic carbocycles. The average molecular weight is 452 g/mol. The fourth-order valence-electron chi connectivity index (χ4n) is 3.76. The van der Waals surface area contributed by atoms with E-state index in [-0.39, 0.29) is 17.8 Å².